The first kappa shape index (κ1) is 13.8. The molecule has 1 aromatic carbocycles. The van der Waals surface area contributed by atoms with Gasteiger partial charge < -0.3 is 5.32 Å². The lowest BCUT2D eigenvalue weighted by Crippen LogP contribution is -2.43. The van der Waals surface area contributed by atoms with Crippen LogP contribution in [0.25, 0.3) is 0 Å². The van der Waals surface area contributed by atoms with Gasteiger partial charge >= 0.3 is 0 Å². The van der Waals surface area contributed by atoms with Crippen molar-refractivity contribution in [2.75, 3.05) is 6.54 Å². The topological polar surface area (TPSA) is 12.0 Å². The lowest BCUT2D eigenvalue weighted by atomic mass is 9.90. The standard InChI is InChI=1S/C16H23N/c1-4-16(5-2,6-3)17-14-10-13-15-11-8-7-9-12-15/h7-9,11-12,17H,4-6,14H2,1-3H3. The van der Waals surface area contributed by atoms with E-state index in [-0.39, 0.29) is 5.54 Å². The Morgan fingerprint density at radius 2 is 1.59 bits per heavy atom. The molecule has 0 atom stereocenters. The van der Waals surface area contributed by atoms with Crippen LogP contribution in [0.3, 0.4) is 0 Å². The highest BCUT2D eigenvalue weighted by Crippen LogP contribution is 2.18. The second-order valence-electron chi connectivity index (χ2n) is 4.36. The second kappa shape index (κ2) is 7.14. The molecule has 0 fully saturated rings. The highest BCUT2D eigenvalue weighted by Gasteiger charge is 2.21. The lowest BCUT2D eigenvalue weighted by molar-refractivity contribution is 0.304. The van der Waals surface area contributed by atoms with Crippen LogP contribution in [-0.4, -0.2) is 12.1 Å². The average Bonchev–Trinajstić information content (AvgIpc) is 2.41. The van der Waals surface area contributed by atoms with Crippen molar-refractivity contribution in [3.63, 3.8) is 0 Å². The summed E-state index contributed by atoms with van der Waals surface area (Å²) < 4.78 is 0. The second-order valence-corrected chi connectivity index (χ2v) is 4.36. The van der Waals surface area contributed by atoms with Crippen LogP contribution in [0, 0.1) is 11.8 Å². The lowest BCUT2D eigenvalue weighted by Gasteiger charge is -2.31. The van der Waals surface area contributed by atoms with Gasteiger partial charge in [-0.3, -0.25) is 0 Å². The Morgan fingerprint density at radius 3 is 2.12 bits per heavy atom. The molecule has 0 saturated carbocycles. The minimum absolute atomic E-state index is 0.269. The van der Waals surface area contributed by atoms with Crippen LogP contribution >= 0.6 is 0 Å². The maximum atomic E-state index is 3.58. The first-order valence-corrected chi connectivity index (χ1v) is 6.55. The molecule has 1 rings (SSSR count). The van der Waals surface area contributed by atoms with Crippen molar-refractivity contribution < 1.29 is 0 Å². The van der Waals surface area contributed by atoms with Crippen LogP contribution in [0.1, 0.15) is 45.6 Å². The smallest absolute Gasteiger partial charge is 0.0584 e. The summed E-state index contributed by atoms with van der Waals surface area (Å²) in [6.45, 7) is 7.49. The van der Waals surface area contributed by atoms with Crippen molar-refractivity contribution in [1.82, 2.24) is 5.32 Å². The maximum absolute atomic E-state index is 3.58. The van der Waals surface area contributed by atoms with Gasteiger partial charge in [-0.2, -0.15) is 0 Å². The Hall–Kier alpha value is -1.26. The fourth-order valence-corrected chi connectivity index (χ4v) is 2.02. The molecular weight excluding hydrogens is 206 g/mol. The van der Waals surface area contributed by atoms with E-state index in [1.165, 1.54) is 0 Å². The minimum Gasteiger partial charge on any atom is -0.301 e. The highest BCUT2D eigenvalue weighted by atomic mass is 15.0. The molecule has 1 nitrogen and oxygen atoms in total. The first-order valence-electron chi connectivity index (χ1n) is 6.55. The van der Waals surface area contributed by atoms with Crippen LogP contribution < -0.4 is 5.32 Å². The van der Waals surface area contributed by atoms with Gasteiger partial charge in [-0.25, -0.2) is 0 Å². The van der Waals surface area contributed by atoms with Crippen LogP contribution in [-0.2, 0) is 0 Å². The predicted molar refractivity (Wildman–Crippen MR) is 74.9 cm³/mol. The SMILES string of the molecule is CCC(CC)(CC)NCC#Cc1ccccc1. The van der Waals surface area contributed by atoms with Crippen LogP contribution in [0.5, 0.6) is 0 Å². The third-order valence-corrected chi connectivity index (χ3v) is 3.59. The summed E-state index contributed by atoms with van der Waals surface area (Å²) >= 11 is 0. The van der Waals surface area contributed by atoms with E-state index in [1.807, 2.05) is 30.3 Å². The molecule has 1 aromatic rings. The van der Waals surface area contributed by atoms with Crippen molar-refractivity contribution in [1.29, 1.82) is 0 Å². The third kappa shape index (κ3) is 4.24. The van der Waals surface area contributed by atoms with Gasteiger partial charge in [0.05, 0.1) is 6.54 Å². The Bertz CT molecular complexity index is 357. The Balaban J connectivity index is 2.50. The molecule has 0 spiro atoms. The summed E-state index contributed by atoms with van der Waals surface area (Å²) in [5.41, 5.74) is 1.36. The van der Waals surface area contributed by atoms with E-state index in [2.05, 4.69) is 37.9 Å². The molecule has 0 bridgehead atoms. The summed E-state index contributed by atoms with van der Waals surface area (Å²) in [5.74, 6) is 6.38. The van der Waals surface area contributed by atoms with Crippen LogP contribution in [0.2, 0.25) is 0 Å². The van der Waals surface area contributed by atoms with E-state index < -0.39 is 0 Å². The molecule has 0 amide bonds. The molecule has 0 aromatic heterocycles. The monoisotopic (exact) mass is 229 g/mol. The summed E-state index contributed by atoms with van der Waals surface area (Å²) in [5, 5.41) is 3.58. The van der Waals surface area contributed by atoms with Gasteiger partial charge in [0, 0.05) is 11.1 Å². The summed E-state index contributed by atoms with van der Waals surface area (Å²) in [7, 11) is 0. The van der Waals surface area contributed by atoms with Crippen molar-refractivity contribution in [2.24, 2.45) is 0 Å². The van der Waals surface area contributed by atoms with Gasteiger partial charge in [0.1, 0.15) is 0 Å². The molecule has 0 unspecified atom stereocenters. The van der Waals surface area contributed by atoms with Gasteiger partial charge in [0.15, 0.2) is 0 Å². The number of benzene rings is 1. The molecule has 17 heavy (non-hydrogen) atoms. The van der Waals surface area contributed by atoms with E-state index in [4.69, 9.17) is 0 Å². The molecular formula is C16H23N. The Kier molecular flexibility index (Phi) is 5.80. The number of hydrogen-bond acceptors (Lipinski definition) is 1. The van der Waals surface area contributed by atoms with Crippen molar-refractivity contribution in [2.45, 2.75) is 45.6 Å². The van der Waals surface area contributed by atoms with Gasteiger partial charge in [-0.15, -0.1) is 0 Å². The van der Waals surface area contributed by atoms with E-state index in [1.54, 1.807) is 0 Å². The van der Waals surface area contributed by atoms with E-state index >= 15 is 0 Å². The van der Waals surface area contributed by atoms with Crippen LogP contribution in [0.15, 0.2) is 30.3 Å². The zero-order chi connectivity index (χ0) is 12.6. The van der Waals surface area contributed by atoms with Crippen molar-refractivity contribution >= 4 is 0 Å². The number of nitrogens with one attached hydrogen (secondary N) is 1. The van der Waals surface area contributed by atoms with Gasteiger partial charge in [-0.1, -0.05) is 50.8 Å². The predicted octanol–water partition coefficient (Wildman–Crippen LogP) is 3.60. The highest BCUT2D eigenvalue weighted by molar-refractivity contribution is 5.33. The zero-order valence-corrected chi connectivity index (χ0v) is 11.2. The van der Waals surface area contributed by atoms with E-state index in [0.29, 0.717) is 0 Å². The molecule has 0 saturated heterocycles. The molecule has 1 N–H and O–H groups in total. The molecule has 1 heteroatoms. The summed E-state index contributed by atoms with van der Waals surface area (Å²) in [6, 6.07) is 10.1. The number of hydrogen-bond donors (Lipinski definition) is 1. The molecule has 0 aliphatic rings. The van der Waals surface area contributed by atoms with E-state index in [9.17, 15) is 0 Å². The molecule has 0 aliphatic heterocycles. The Labute approximate surface area is 106 Å². The normalized spacial score (nSPS) is 10.8. The first-order chi connectivity index (χ1) is 8.26. The van der Waals surface area contributed by atoms with Crippen molar-refractivity contribution in [3.05, 3.63) is 35.9 Å². The Morgan fingerprint density at radius 1 is 1.00 bits per heavy atom. The van der Waals surface area contributed by atoms with Gasteiger partial charge in [0.2, 0.25) is 0 Å². The third-order valence-electron chi connectivity index (χ3n) is 3.59. The quantitative estimate of drug-likeness (QED) is 0.761. The number of rotatable bonds is 5. The molecule has 0 radical (unpaired) electrons. The maximum Gasteiger partial charge on any atom is 0.0584 e. The van der Waals surface area contributed by atoms with Gasteiger partial charge in [-0.05, 0) is 31.4 Å². The largest absolute Gasteiger partial charge is 0.301 e. The fourth-order valence-electron chi connectivity index (χ4n) is 2.02. The van der Waals surface area contributed by atoms with Crippen LogP contribution in [0.4, 0.5) is 0 Å². The molecule has 92 valence electrons. The molecule has 0 aliphatic carbocycles. The average molecular weight is 229 g/mol. The molecule has 0 heterocycles. The summed E-state index contributed by atoms with van der Waals surface area (Å²) in [6.07, 6.45) is 3.48. The zero-order valence-electron chi connectivity index (χ0n) is 11.2. The fraction of sp³-hybridized carbons (Fsp3) is 0.500. The van der Waals surface area contributed by atoms with E-state index in [0.717, 1.165) is 31.4 Å². The van der Waals surface area contributed by atoms with Gasteiger partial charge in [0.25, 0.3) is 0 Å². The summed E-state index contributed by atoms with van der Waals surface area (Å²) in [4.78, 5) is 0. The van der Waals surface area contributed by atoms with Crippen molar-refractivity contribution in [3.8, 4) is 11.8 Å². The minimum atomic E-state index is 0.269.